The van der Waals surface area contributed by atoms with Gasteiger partial charge in [-0.15, -0.1) is 0 Å². The van der Waals surface area contributed by atoms with Crippen LogP contribution in [0.1, 0.15) is 46.8 Å². The van der Waals surface area contributed by atoms with Crippen molar-refractivity contribution in [2.24, 2.45) is 5.92 Å². The molecule has 1 unspecified atom stereocenters. The molecule has 1 atom stereocenters. The fourth-order valence-electron chi connectivity index (χ4n) is 4.06. The highest BCUT2D eigenvalue weighted by Gasteiger charge is 2.15. The Bertz CT molecular complexity index is 1040. The lowest BCUT2D eigenvalue weighted by atomic mass is 9.92. The highest BCUT2D eigenvalue weighted by Crippen LogP contribution is 2.35. The minimum atomic E-state index is 0.739. The first kappa shape index (κ1) is 16.8. The van der Waals surface area contributed by atoms with E-state index in [0.29, 0.717) is 0 Å². The van der Waals surface area contributed by atoms with Crippen LogP contribution in [0.25, 0.3) is 27.5 Å². The molecule has 0 N–H and O–H groups in total. The van der Waals surface area contributed by atoms with Crippen LogP contribution in [0.2, 0.25) is 0 Å². The summed E-state index contributed by atoms with van der Waals surface area (Å²) >= 11 is 0. The lowest BCUT2D eigenvalue weighted by molar-refractivity contribution is 0.112. The fourth-order valence-corrected chi connectivity index (χ4v) is 4.06. The first-order chi connectivity index (χ1) is 12.5. The summed E-state index contributed by atoms with van der Waals surface area (Å²) in [4.78, 5) is 11.1. The zero-order valence-electron chi connectivity index (χ0n) is 15.7. The van der Waals surface area contributed by atoms with Gasteiger partial charge < -0.3 is 0 Å². The first-order valence-corrected chi connectivity index (χ1v) is 9.35. The molecule has 4 rings (SSSR count). The Balaban J connectivity index is 1.82. The van der Waals surface area contributed by atoms with Crippen LogP contribution in [0.3, 0.4) is 0 Å². The molecule has 0 aromatic heterocycles. The highest BCUT2D eigenvalue weighted by molar-refractivity contribution is 5.94. The maximum Gasteiger partial charge on any atom is 0.150 e. The van der Waals surface area contributed by atoms with Crippen LogP contribution in [0.15, 0.2) is 54.6 Å². The summed E-state index contributed by atoms with van der Waals surface area (Å²) in [5.74, 6) is 0.755. The Morgan fingerprint density at radius 2 is 1.73 bits per heavy atom. The number of carbonyl (C=O) groups excluding carboxylic acids is 1. The van der Waals surface area contributed by atoms with Gasteiger partial charge in [0, 0.05) is 5.56 Å². The van der Waals surface area contributed by atoms with Gasteiger partial charge >= 0.3 is 0 Å². The zero-order chi connectivity index (χ0) is 18.3. The number of hydrogen-bond acceptors (Lipinski definition) is 1. The predicted molar refractivity (Wildman–Crippen MR) is 111 cm³/mol. The molecule has 0 spiro atoms. The lowest BCUT2D eigenvalue weighted by Gasteiger charge is -2.13. The van der Waals surface area contributed by atoms with E-state index in [2.05, 4.69) is 63.2 Å². The van der Waals surface area contributed by atoms with E-state index in [4.69, 9.17) is 0 Å². The average molecular weight is 340 g/mol. The van der Waals surface area contributed by atoms with Crippen molar-refractivity contribution in [3.8, 4) is 11.1 Å². The van der Waals surface area contributed by atoms with Crippen molar-refractivity contribution < 1.29 is 4.79 Å². The Morgan fingerprint density at radius 3 is 2.46 bits per heavy atom. The zero-order valence-corrected chi connectivity index (χ0v) is 15.7. The summed E-state index contributed by atoms with van der Waals surface area (Å²) in [6, 6.07) is 17.3. The van der Waals surface area contributed by atoms with E-state index < -0.39 is 0 Å². The Hall–Kier alpha value is -2.67. The van der Waals surface area contributed by atoms with Gasteiger partial charge in [0.25, 0.3) is 0 Å². The molecular formula is C25H24O. The molecule has 3 aromatic carbocycles. The quantitative estimate of drug-likeness (QED) is 0.482. The largest absolute Gasteiger partial charge is 0.298 e. The summed E-state index contributed by atoms with van der Waals surface area (Å²) in [6.07, 6.45) is 5.68. The van der Waals surface area contributed by atoms with E-state index in [1.54, 1.807) is 0 Å². The topological polar surface area (TPSA) is 17.1 Å². The van der Waals surface area contributed by atoms with Gasteiger partial charge in [0.15, 0.2) is 0 Å². The molecule has 1 aliphatic rings. The van der Waals surface area contributed by atoms with Gasteiger partial charge in [-0.1, -0.05) is 37.3 Å². The van der Waals surface area contributed by atoms with Crippen molar-refractivity contribution in [2.45, 2.75) is 33.6 Å². The van der Waals surface area contributed by atoms with Crippen molar-refractivity contribution >= 4 is 22.6 Å². The number of hydrogen-bond donors (Lipinski definition) is 0. The summed E-state index contributed by atoms with van der Waals surface area (Å²) < 4.78 is 0. The molecule has 0 heterocycles. The van der Waals surface area contributed by atoms with E-state index in [0.717, 1.165) is 28.7 Å². The summed E-state index contributed by atoms with van der Waals surface area (Å²) in [5.41, 5.74) is 8.54. The molecule has 0 saturated carbocycles. The van der Waals surface area contributed by atoms with Gasteiger partial charge in [-0.25, -0.2) is 0 Å². The number of allylic oxidation sites excluding steroid dienone is 2. The Morgan fingerprint density at radius 1 is 0.923 bits per heavy atom. The molecule has 0 aliphatic heterocycles. The second-order valence-electron chi connectivity index (χ2n) is 7.70. The van der Waals surface area contributed by atoms with Crippen molar-refractivity contribution in [1.29, 1.82) is 0 Å². The minimum Gasteiger partial charge on any atom is -0.298 e. The molecule has 0 saturated heterocycles. The third-order valence-corrected chi connectivity index (χ3v) is 5.57. The molecule has 0 fully saturated rings. The van der Waals surface area contributed by atoms with Crippen LogP contribution in [0, 0.1) is 19.8 Å². The van der Waals surface area contributed by atoms with Gasteiger partial charge in [0.2, 0.25) is 0 Å². The first-order valence-electron chi connectivity index (χ1n) is 9.35. The van der Waals surface area contributed by atoms with Gasteiger partial charge in [0.05, 0.1) is 0 Å². The van der Waals surface area contributed by atoms with Crippen molar-refractivity contribution in [1.82, 2.24) is 0 Å². The summed E-state index contributed by atoms with van der Waals surface area (Å²) in [6.45, 7) is 6.57. The molecule has 1 nitrogen and oxygen atoms in total. The van der Waals surface area contributed by atoms with E-state index in [1.165, 1.54) is 46.1 Å². The van der Waals surface area contributed by atoms with E-state index in [-0.39, 0.29) is 0 Å². The fraction of sp³-hybridized carbons (Fsp3) is 0.240. The second kappa shape index (κ2) is 6.57. The van der Waals surface area contributed by atoms with Crippen molar-refractivity contribution in [3.63, 3.8) is 0 Å². The molecular weight excluding hydrogens is 316 g/mol. The molecule has 1 heteroatoms. The normalized spacial score (nSPS) is 16.7. The molecule has 0 bridgehead atoms. The number of aldehydes is 1. The number of fused-ring (bicyclic) bond motifs is 1. The maximum atomic E-state index is 11.1. The van der Waals surface area contributed by atoms with Crippen LogP contribution >= 0.6 is 0 Å². The van der Waals surface area contributed by atoms with Crippen LogP contribution in [-0.4, -0.2) is 6.29 Å². The van der Waals surface area contributed by atoms with E-state index >= 15 is 0 Å². The Kier molecular flexibility index (Phi) is 4.24. The number of carbonyl (C=O) groups is 1. The average Bonchev–Trinajstić information content (AvgIpc) is 3.08. The van der Waals surface area contributed by atoms with Gasteiger partial charge in [0.1, 0.15) is 6.29 Å². The van der Waals surface area contributed by atoms with Gasteiger partial charge in [-0.3, -0.25) is 4.79 Å². The standard InChI is InChI=1S/C25H24O/c1-16-4-6-20(10-16)21-7-5-17(2)24(13-21)23-9-8-22-12-19(15-26)11-18(3)25(22)14-23/h5-9,11-16H,4,10H2,1-3H3. The third-order valence-electron chi connectivity index (χ3n) is 5.57. The monoisotopic (exact) mass is 340 g/mol. The van der Waals surface area contributed by atoms with Crippen LogP contribution in [0.5, 0.6) is 0 Å². The summed E-state index contributed by atoms with van der Waals surface area (Å²) in [5, 5.41) is 2.34. The molecule has 0 radical (unpaired) electrons. The minimum absolute atomic E-state index is 0.739. The van der Waals surface area contributed by atoms with Crippen molar-refractivity contribution in [2.75, 3.05) is 0 Å². The molecule has 130 valence electrons. The van der Waals surface area contributed by atoms with E-state index in [1.807, 2.05) is 12.1 Å². The molecule has 0 amide bonds. The van der Waals surface area contributed by atoms with Crippen LogP contribution in [-0.2, 0) is 0 Å². The van der Waals surface area contributed by atoms with Crippen LogP contribution in [0.4, 0.5) is 0 Å². The number of aryl methyl sites for hydroxylation is 2. The lowest BCUT2D eigenvalue weighted by Crippen LogP contribution is -1.91. The van der Waals surface area contributed by atoms with Gasteiger partial charge in [-0.2, -0.15) is 0 Å². The summed E-state index contributed by atoms with van der Waals surface area (Å²) in [7, 11) is 0. The van der Waals surface area contributed by atoms with Crippen LogP contribution < -0.4 is 0 Å². The van der Waals surface area contributed by atoms with Gasteiger partial charge in [-0.05, 0) is 101 Å². The molecule has 26 heavy (non-hydrogen) atoms. The molecule has 3 aromatic rings. The number of rotatable bonds is 3. The SMILES string of the molecule is Cc1ccc(C2=CCC(C)C2)cc1-c1ccc2cc(C=O)cc(C)c2c1. The number of benzene rings is 3. The van der Waals surface area contributed by atoms with E-state index in [9.17, 15) is 4.79 Å². The Labute approximate surface area is 155 Å². The highest BCUT2D eigenvalue weighted by atomic mass is 16.1. The third kappa shape index (κ3) is 2.99. The maximum absolute atomic E-state index is 11.1. The predicted octanol–water partition coefficient (Wildman–Crippen LogP) is 6.75. The molecule has 1 aliphatic carbocycles. The van der Waals surface area contributed by atoms with Crippen molar-refractivity contribution in [3.05, 3.63) is 76.9 Å². The second-order valence-corrected chi connectivity index (χ2v) is 7.70. The smallest absolute Gasteiger partial charge is 0.150 e.